The molecule has 3 aromatic rings. The fourth-order valence-electron chi connectivity index (χ4n) is 2.68. The molecule has 24 heavy (non-hydrogen) atoms. The van der Waals surface area contributed by atoms with Crippen LogP contribution in [0.25, 0.3) is 16.8 Å². The summed E-state index contributed by atoms with van der Waals surface area (Å²) in [5.74, 6) is 0.0427. The Morgan fingerprint density at radius 3 is 2.62 bits per heavy atom. The third-order valence-electron chi connectivity index (χ3n) is 3.87. The highest BCUT2D eigenvalue weighted by molar-refractivity contribution is 7.94. The standard InChI is InChI=1S/C18H12N2O3S/c21-16-7-5-12-3-1-2-4-15(12)18(16)20-19-14-6-8-17-13(11-14)9-10-24(17,22)23/h1-11,21H. The summed E-state index contributed by atoms with van der Waals surface area (Å²) in [6.45, 7) is 0. The molecule has 1 aliphatic heterocycles. The maximum atomic E-state index is 11.8. The first-order valence-electron chi connectivity index (χ1n) is 7.24. The van der Waals surface area contributed by atoms with Crippen molar-refractivity contribution in [1.82, 2.24) is 0 Å². The van der Waals surface area contributed by atoms with Crippen molar-refractivity contribution < 1.29 is 13.5 Å². The topological polar surface area (TPSA) is 79.1 Å². The number of fused-ring (bicyclic) bond motifs is 2. The Labute approximate surface area is 138 Å². The molecule has 0 bridgehead atoms. The van der Waals surface area contributed by atoms with Gasteiger partial charge in [-0.05, 0) is 41.3 Å². The zero-order valence-corrected chi connectivity index (χ0v) is 13.2. The highest BCUT2D eigenvalue weighted by Gasteiger charge is 2.20. The molecule has 4 rings (SSSR count). The van der Waals surface area contributed by atoms with Gasteiger partial charge in [0.05, 0.1) is 10.6 Å². The van der Waals surface area contributed by atoms with E-state index in [1.54, 1.807) is 24.3 Å². The quantitative estimate of drug-likeness (QED) is 0.688. The molecule has 0 atom stereocenters. The van der Waals surface area contributed by atoms with E-state index in [9.17, 15) is 13.5 Å². The molecular weight excluding hydrogens is 324 g/mol. The lowest BCUT2D eigenvalue weighted by Gasteiger charge is -2.04. The molecule has 0 unspecified atom stereocenters. The first-order valence-corrected chi connectivity index (χ1v) is 8.79. The van der Waals surface area contributed by atoms with E-state index < -0.39 is 9.84 Å². The summed E-state index contributed by atoms with van der Waals surface area (Å²) in [6, 6.07) is 15.7. The summed E-state index contributed by atoms with van der Waals surface area (Å²) in [4.78, 5) is 0.273. The molecule has 1 aliphatic rings. The molecule has 0 amide bonds. The van der Waals surface area contributed by atoms with Crippen molar-refractivity contribution in [2.75, 3.05) is 0 Å². The molecule has 0 aromatic heterocycles. The van der Waals surface area contributed by atoms with Gasteiger partial charge in [-0.3, -0.25) is 0 Å². The van der Waals surface area contributed by atoms with Crippen molar-refractivity contribution in [3.63, 3.8) is 0 Å². The summed E-state index contributed by atoms with van der Waals surface area (Å²) < 4.78 is 23.5. The first kappa shape index (κ1) is 14.6. The molecule has 0 fully saturated rings. The van der Waals surface area contributed by atoms with Gasteiger partial charge in [0.2, 0.25) is 0 Å². The third kappa shape index (κ3) is 2.37. The van der Waals surface area contributed by atoms with Gasteiger partial charge in [0.1, 0.15) is 11.4 Å². The van der Waals surface area contributed by atoms with E-state index in [0.29, 0.717) is 16.9 Å². The average Bonchev–Trinajstić information content (AvgIpc) is 2.89. The van der Waals surface area contributed by atoms with Gasteiger partial charge < -0.3 is 5.11 Å². The first-order chi connectivity index (χ1) is 11.5. The molecule has 0 aliphatic carbocycles. The summed E-state index contributed by atoms with van der Waals surface area (Å²) >= 11 is 0. The maximum absolute atomic E-state index is 11.8. The third-order valence-corrected chi connectivity index (χ3v) is 5.35. The van der Waals surface area contributed by atoms with Gasteiger partial charge in [-0.1, -0.05) is 30.3 Å². The zero-order valence-electron chi connectivity index (χ0n) is 12.4. The number of azo groups is 1. The van der Waals surface area contributed by atoms with E-state index in [-0.39, 0.29) is 10.6 Å². The largest absolute Gasteiger partial charge is 0.506 e. The van der Waals surface area contributed by atoms with Gasteiger partial charge in [-0.2, -0.15) is 5.11 Å². The van der Waals surface area contributed by atoms with Crippen LogP contribution in [0, 0.1) is 0 Å². The Morgan fingerprint density at radius 2 is 1.75 bits per heavy atom. The van der Waals surface area contributed by atoms with Crippen molar-refractivity contribution in [1.29, 1.82) is 0 Å². The number of nitrogens with zero attached hydrogens (tertiary/aromatic N) is 2. The zero-order chi connectivity index (χ0) is 16.7. The van der Waals surface area contributed by atoms with Crippen LogP contribution < -0.4 is 0 Å². The van der Waals surface area contributed by atoms with Crippen molar-refractivity contribution in [3.8, 4) is 5.75 Å². The van der Waals surface area contributed by atoms with E-state index in [2.05, 4.69) is 10.2 Å². The van der Waals surface area contributed by atoms with Gasteiger partial charge in [0.25, 0.3) is 0 Å². The Hall–Kier alpha value is -2.99. The van der Waals surface area contributed by atoms with Crippen molar-refractivity contribution in [3.05, 3.63) is 65.6 Å². The fourth-order valence-corrected chi connectivity index (χ4v) is 3.87. The number of sulfone groups is 1. The molecule has 1 heterocycles. The second-order valence-corrected chi connectivity index (χ2v) is 7.23. The predicted molar refractivity (Wildman–Crippen MR) is 92.5 cm³/mol. The average molecular weight is 336 g/mol. The lowest BCUT2D eigenvalue weighted by molar-refractivity contribution is 0.477. The lowest BCUT2D eigenvalue weighted by atomic mass is 10.1. The highest BCUT2D eigenvalue weighted by atomic mass is 32.2. The van der Waals surface area contributed by atoms with Crippen LogP contribution in [0.2, 0.25) is 0 Å². The van der Waals surface area contributed by atoms with Gasteiger partial charge in [-0.25, -0.2) is 8.42 Å². The summed E-state index contributed by atoms with van der Waals surface area (Å²) in [5, 5.41) is 21.3. The van der Waals surface area contributed by atoms with Crippen molar-refractivity contribution in [2.45, 2.75) is 4.90 Å². The molecule has 1 N–H and O–H groups in total. The van der Waals surface area contributed by atoms with Gasteiger partial charge in [-0.15, -0.1) is 5.11 Å². The molecule has 0 radical (unpaired) electrons. The van der Waals surface area contributed by atoms with Crippen LogP contribution >= 0.6 is 0 Å². The van der Waals surface area contributed by atoms with Crippen LogP contribution in [0.4, 0.5) is 11.4 Å². The van der Waals surface area contributed by atoms with E-state index >= 15 is 0 Å². The summed E-state index contributed by atoms with van der Waals surface area (Å²) in [6.07, 6.45) is 1.54. The number of phenolic OH excluding ortho intramolecular Hbond substituents is 1. The summed E-state index contributed by atoms with van der Waals surface area (Å²) in [5.41, 5.74) is 1.49. The number of rotatable bonds is 2. The minimum absolute atomic E-state index is 0.0427. The summed E-state index contributed by atoms with van der Waals surface area (Å²) in [7, 11) is -3.32. The second-order valence-electron chi connectivity index (χ2n) is 5.42. The number of aromatic hydroxyl groups is 1. The number of benzene rings is 3. The molecule has 5 nitrogen and oxygen atoms in total. The monoisotopic (exact) mass is 336 g/mol. The number of hydrogen-bond acceptors (Lipinski definition) is 5. The molecular formula is C18H12N2O3S. The number of hydrogen-bond donors (Lipinski definition) is 1. The van der Waals surface area contributed by atoms with Gasteiger partial charge in [0.15, 0.2) is 9.84 Å². The Balaban J connectivity index is 1.77. The van der Waals surface area contributed by atoms with Crippen molar-refractivity contribution in [2.24, 2.45) is 10.2 Å². The van der Waals surface area contributed by atoms with Crippen LogP contribution in [-0.2, 0) is 9.84 Å². The molecule has 0 saturated carbocycles. The molecule has 6 heteroatoms. The Morgan fingerprint density at radius 1 is 0.917 bits per heavy atom. The molecule has 3 aromatic carbocycles. The van der Waals surface area contributed by atoms with E-state index in [0.717, 1.165) is 10.8 Å². The smallest absolute Gasteiger partial charge is 0.200 e. The van der Waals surface area contributed by atoms with Crippen LogP contribution in [0.15, 0.2) is 75.1 Å². The minimum atomic E-state index is -3.32. The lowest BCUT2D eigenvalue weighted by Crippen LogP contribution is -1.92. The van der Waals surface area contributed by atoms with E-state index in [1.165, 1.54) is 11.5 Å². The second kappa shape index (κ2) is 5.28. The Bertz CT molecular complexity index is 1130. The van der Waals surface area contributed by atoms with Crippen LogP contribution in [-0.4, -0.2) is 13.5 Å². The highest BCUT2D eigenvalue weighted by Crippen LogP contribution is 2.36. The number of phenols is 1. The predicted octanol–water partition coefficient (Wildman–Crippen LogP) is 4.72. The van der Waals surface area contributed by atoms with Gasteiger partial charge in [0, 0.05) is 10.8 Å². The van der Waals surface area contributed by atoms with E-state index in [1.807, 2.05) is 30.3 Å². The normalized spacial score (nSPS) is 15.2. The molecule has 0 spiro atoms. The maximum Gasteiger partial charge on any atom is 0.200 e. The fraction of sp³-hybridized carbons (Fsp3) is 0. The van der Waals surface area contributed by atoms with Crippen molar-refractivity contribution >= 4 is 38.1 Å². The minimum Gasteiger partial charge on any atom is -0.506 e. The van der Waals surface area contributed by atoms with Gasteiger partial charge >= 0.3 is 0 Å². The molecule has 118 valence electrons. The van der Waals surface area contributed by atoms with Crippen LogP contribution in [0.5, 0.6) is 5.75 Å². The Kier molecular flexibility index (Phi) is 3.21. The SMILES string of the molecule is O=S1(=O)C=Cc2cc(N=Nc3c(O)ccc4ccccc34)ccc21. The molecule has 0 saturated heterocycles. The van der Waals surface area contributed by atoms with Crippen LogP contribution in [0.1, 0.15) is 5.56 Å². The van der Waals surface area contributed by atoms with E-state index in [4.69, 9.17) is 0 Å². The van der Waals surface area contributed by atoms with Crippen LogP contribution in [0.3, 0.4) is 0 Å².